The maximum absolute atomic E-state index is 12.0. The molecule has 0 radical (unpaired) electrons. The molecule has 1 saturated carbocycles. The molecule has 4 nitrogen and oxygen atoms in total. The number of alkyl halides is 3. The largest absolute Gasteiger partial charge is 0.411 e. The molecule has 1 aliphatic carbocycles. The standard InChI is InChI=1S/C10H17F3N2O2/c11-10(12,13)6-17-8-3-1-2-7(4-8)15-9(16)5-14/h7-8H,1-6,14H2,(H,15,16). The molecule has 0 aromatic heterocycles. The first-order valence-electron chi connectivity index (χ1n) is 5.58. The van der Waals surface area contributed by atoms with E-state index in [1.165, 1.54) is 0 Å². The van der Waals surface area contributed by atoms with Gasteiger partial charge < -0.3 is 15.8 Å². The molecule has 0 aliphatic heterocycles. The van der Waals surface area contributed by atoms with Crippen molar-refractivity contribution in [3.63, 3.8) is 0 Å². The highest BCUT2D eigenvalue weighted by atomic mass is 19.4. The molecule has 1 rings (SSSR count). The fraction of sp³-hybridized carbons (Fsp3) is 0.900. The van der Waals surface area contributed by atoms with Crippen molar-refractivity contribution in [1.29, 1.82) is 0 Å². The Hall–Kier alpha value is -0.820. The first-order valence-corrected chi connectivity index (χ1v) is 5.58. The van der Waals surface area contributed by atoms with Crippen molar-refractivity contribution in [3.8, 4) is 0 Å². The van der Waals surface area contributed by atoms with Crippen molar-refractivity contribution in [3.05, 3.63) is 0 Å². The van der Waals surface area contributed by atoms with Crippen molar-refractivity contribution in [1.82, 2.24) is 5.32 Å². The Bertz CT molecular complexity index is 258. The van der Waals surface area contributed by atoms with Crippen LogP contribution in [0.1, 0.15) is 25.7 Å². The summed E-state index contributed by atoms with van der Waals surface area (Å²) in [6.07, 6.45) is -2.20. The molecule has 1 fully saturated rings. The van der Waals surface area contributed by atoms with Gasteiger partial charge in [0, 0.05) is 6.04 Å². The zero-order valence-electron chi connectivity index (χ0n) is 9.43. The van der Waals surface area contributed by atoms with E-state index in [0.29, 0.717) is 12.8 Å². The molecule has 3 N–H and O–H groups in total. The van der Waals surface area contributed by atoms with Crippen molar-refractivity contribution in [2.45, 2.75) is 44.0 Å². The zero-order chi connectivity index (χ0) is 12.9. The van der Waals surface area contributed by atoms with Crippen LogP contribution in [0, 0.1) is 0 Å². The van der Waals surface area contributed by atoms with Crippen LogP contribution in [0.15, 0.2) is 0 Å². The Morgan fingerprint density at radius 3 is 2.71 bits per heavy atom. The molecule has 7 heteroatoms. The zero-order valence-corrected chi connectivity index (χ0v) is 9.43. The minimum Gasteiger partial charge on any atom is -0.369 e. The van der Waals surface area contributed by atoms with E-state index in [1.807, 2.05) is 0 Å². The van der Waals surface area contributed by atoms with Crippen molar-refractivity contribution in [2.24, 2.45) is 5.73 Å². The van der Waals surface area contributed by atoms with Crippen molar-refractivity contribution in [2.75, 3.05) is 13.2 Å². The fourth-order valence-electron chi connectivity index (χ4n) is 1.93. The average molecular weight is 254 g/mol. The summed E-state index contributed by atoms with van der Waals surface area (Å²) in [6, 6.07) is -0.127. The lowest BCUT2D eigenvalue weighted by Gasteiger charge is -2.29. The third-order valence-corrected chi connectivity index (χ3v) is 2.66. The molecule has 1 amide bonds. The van der Waals surface area contributed by atoms with Gasteiger partial charge in [0.05, 0.1) is 12.6 Å². The van der Waals surface area contributed by atoms with Crippen molar-refractivity contribution < 1.29 is 22.7 Å². The number of nitrogens with one attached hydrogen (secondary N) is 1. The number of hydrogen-bond donors (Lipinski definition) is 2. The van der Waals surface area contributed by atoms with Crippen LogP contribution in [0.5, 0.6) is 0 Å². The normalized spacial score (nSPS) is 25.6. The monoisotopic (exact) mass is 254 g/mol. The van der Waals surface area contributed by atoms with Crippen LogP contribution in [0.25, 0.3) is 0 Å². The van der Waals surface area contributed by atoms with Gasteiger partial charge in [0.2, 0.25) is 5.91 Å². The van der Waals surface area contributed by atoms with Gasteiger partial charge >= 0.3 is 6.18 Å². The lowest BCUT2D eigenvalue weighted by molar-refractivity contribution is -0.188. The second-order valence-electron chi connectivity index (χ2n) is 4.18. The van der Waals surface area contributed by atoms with E-state index in [0.717, 1.165) is 12.8 Å². The quantitative estimate of drug-likeness (QED) is 0.785. The summed E-state index contributed by atoms with van der Waals surface area (Å²) < 4.78 is 40.7. The Morgan fingerprint density at radius 2 is 2.12 bits per heavy atom. The van der Waals surface area contributed by atoms with E-state index in [1.54, 1.807) is 0 Å². The van der Waals surface area contributed by atoms with Gasteiger partial charge in [-0.2, -0.15) is 13.2 Å². The van der Waals surface area contributed by atoms with Gasteiger partial charge in [-0.1, -0.05) is 0 Å². The third-order valence-electron chi connectivity index (χ3n) is 2.66. The predicted octanol–water partition coefficient (Wildman–Crippen LogP) is 0.951. The van der Waals surface area contributed by atoms with Gasteiger partial charge in [-0.05, 0) is 25.7 Å². The molecule has 1 aliphatic rings. The second-order valence-corrected chi connectivity index (χ2v) is 4.18. The van der Waals surface area contributed by atoms with E-state index in [-0.39, 0.29) is 18.5 Å². The summed E-state index contributed by atoms with van der Waals surface area (Å²) >= 11 is 0. The van der Waals surface area contributed by atoms with E-state index in [4.69, 9.17) is 10.5 Å². The highest BCUT2D eigenvalue weighted by Gasteiger charge is 2.31. The van der Waals surface area contributed by atoms with Gasteiger partial charge in [0.15, 0.2) is 0 Å². The van der Waals surface area contributed by atoms with E-state index in [2.05, 4.69) is 5.32 Å². The number of amides is 1. The number of nitrogens with two attached hydrogens (primary N) is 1. The summed E-state index contributed by atoms with van der Waals surface area (Å²) in [7, 11) is 0. The predicted molar refractivity (Wildman–Crippen MR) is 55.2 cm³/mol. The minimum absolute atomic E-state index is 0.107. The number of ether oxygens (including phenoxy) is 1. The summed E-state index contributed by atoms with van der Waals surface area (Å²) in [5.74, 6) is -0.286. The summed E-state index contributed by atoms with van der Waals surface area (Å²) in [6.45, 7) is -1.33. The van der Waals surface area contributed by atoms with Crippen LogP contribution >= 0.6 is 0 Å². The lowest BCUT2D eigenvalue weighted by Crippen LogP contribution is -2.43. The molecule has 0 bridgehead atoms. The van der Waals surface area contributed by atoms with Crippen LogP contribution < -0.4 is 11.1 Å². The molecule has 100 valence electrons. The number of rotatable bonds is 4. The lowest BCUT2D eigenvalue weighted by atomic mass is 9.93. The van der Waals surface area contributed by atoms with Gasteiger partial charge in [0.25, 0.3) is 0 Å². The maximum Gasteiger partial charge on any atom is 0.411 e. The summed E-state index contributed by atoms with van der Waals surface area (Å²) in [5, 5.41) is 2.67. The molecular formula is C10H17F3N2O2. The highest BCUT2D eigenvalue weighted by molar-refractivity contribution is 5.78. The molecule has 0 aromatic carbocycles. The van der Waals surface area contributed by atoms with Gasteiger partial charge in [-0.15, -0.1) is 0 Å². The minimum atomic E-state index is -4.30. The topological polar surface area (TPSA) is 64.4 Å². The van der Waals surface area contributed by atoms with E-state index >= 15 is 0 Å². The molecule has 0 saturated heterocycles. The Kier molecular flexibility index (Phi) is 5.20. The molecule has 2 unspecified atom stereocenters. The van der Waals surface area contributed by atoms with Crippen LogP contribution in [0.4, 0.5) is 13.2 Å². The smallest absolute Gasteiger partial charge is 0.369 e. The Balaban J connectivity index is 2.31. The first kappa shape index (κ1) is 14.2. The second kappa shape index (κ2) is 6.20. The summed E-state index contributed by atoms with van der Waals surface area (Å²) in [4.78, 5) is 11.0. The Morgan fingerprint density at radius 1 is 1.41 bits per heavy atom. The number of halogens is 3. The van der Waals surface area contributed by atoms with Crippen LogP contribution in [0.3, 0.4) is 0 Å². The maximum atomic E-state index is 12.0. The summed E-state index contributed by atoms with van der Waals surface area (Å²) in [5.41, 5.74) is 5.15. The number of carbonyl (C=O) groups excluding carboxylic acids is 1. The fourth-order valence-corrected chi connectivity index (χ4v) is 1.93. The van der Waals surface area contributed by atoms with Crippen LogP contribution in [-0.4, -0.2) is 37.4 Å². The number of hydrogen-bond acceptors (Lipinski definition) is 3. The molecule has 0 heterocycles. The molecule has 0 spiro atoms. The van der Waals surface area contributed by atoms with Gasteiger partial charge in [-0.3, -0.25) is 4.79 Å². The van der Waals surface area contributed by atoms with E-state index in [9.17, 15) is 18.0 Å². The molecular weight excluding hydrogens is 237 g/mol. The molecule has 17 heavy (non-hydrogen) atoms. The molecule has 2 atom stereocenters. The Labute approximate surface area is 97.7 Å². The van der Waals surface area contributed by atoms with Crippen LogP contribution in [-0.2, 0) is 9.53 Å². The van der Waals surface area contributed by atoms with E-state index < -0.39 is 18.9 Å². The van der Waals surface area contributed by atoms with Crippen molar-refractivity contribution >= 4 is 5.91 Å². The SMILES string of the molecule is NCC(=O)NC1CCCC(OCC(F)(F)F)C1. The third kappa shape index (κ3) is 5.88. The molecule has 0 aromatic rings. The van der Waals surface area contributed by atoms with Gasteiger partial charge in [0.1, 0.15) is 6.61 Å². The van der Waals surface area contributed by atoms with Gasteiger partial charge in [-0.25, -0.2) is 0 Å². The first-order chi connectivity index (χ1) is 7.90. The average Bonchev–Trinajstić information content (AvgIpc) is 2.26. The van der Waals surface area contributed by atoms with Crippen LogP contribution in [0.2, 0.25) is 0 Å². The highest BCUT2D eigenvalue weighted by Crippen LogP contribution is 2.24. The number of carbonyl (C=O) groups is 1.